The van der Waals surface area contributed by atoms with Crippen LogP contribution in [-0.2, 0) is 0 Å². The van der Waals surface area contributed by atoms with E-state index in [4.69, 9.17) is 9.47 Å². The van der Waals surface area contributed by atoms with Crippen molar-refractivity contribution in [3.05, 3.63) is 71.8 Å². The van der Waals surface area contributed by atoms with Gasteiger partial charge in [0.05, 0.1) is 19.9 Å². The molecule has 38 heavy (non-hydrogen) atoms. The fourth-order valence-electron chi connectivity index (χ4n) is 5.48. The Morgan fingerprint density at radius 3 is 2.37 bits per heavy atom. The molecule has 198 valence electrons. The van der Waals surface area contributed by atoms with E-state index in [2.05, 4.69) is 61.1 Å². The molecule has 1 aromatic heterocycles. The number of aromatic amines is 1. The third-order valence-corrected chi connectivity index (χ3v) is 7.54. The highest BCUT2D eigenvalue weighted by molar-refractivity contribution is 5.97. The summed E-state index contributed by atoms with van der Waals surface area (Å²) >= 11 is 0. The quantitative estimate of drug-likeness (QED) is 0.325. The van der Waals surface area contributed by atoms with Crippen LogP contribution in [0.25, 0.3) is 33.3 Å². The lowest BCUT2D eigenvalue weighted by atomic mass is 9.94. The molecule has 0 bridgehead atoms. The number of nitrogens with one attached hydrogen (secondary N) is 1. The smallest absolute Gasteiger partial charge is 0.253 e. The van der Waals surface area contributed by atoms with Gasteiger partial charge in [-0.1, -0.05) is 32.0 Å². The van der Waals surface area contributed by atoms with Gasteiger partial charge in [0.1, 0.15) is 0 Å². The lowest BCUT2D eigenvalue weighted by molar-refractivity contribution is 0.0763. The van der Waals surface area contributed by atoms with Crippen molar-refractivity contribution in [1.82, 2.24) is 14.8 Å². The Morgan fingerprint density at radius 2 is 1.61 bits per heavy atom. The SMILES string of the molecule is COc1ccc(-c2[nH]c3ccc(-c4cccc(C(=O)N5CCCN(C)CC5)c4)cc3c2C(C)C)cc1OC. The van der Waals surface area contributed by atoms with Crippen LogP contribution in [0, 0.1) is 0 Å². The average Bonchev–Trinajstić information content (AvgIpc) is 3.19. The number of nitrogens with zero attached hydrogens (tertiary/aromatic N) is 2. The highest BCUT2D eigenvalue weighted by atomic mass is 16.5. The largest absolute Gasteiger partial charge is 0.493 e. The predicted octanol–water partition coefficient (Wildman–Crippen LogP) is 6.42. The van der Waals surface area contributed by atoms with E-state index in [1.807, 2.05) is 35.2 Å². The summed E-state index contributed by atoms with van der Waals surface area (Å²) in [5.74, 6) is 1.83. The molecule has 6 heteroatoms. The number of hydrogen-bond donors (Lipinski definition) is 1. The number of carbonyl (C=O) groups is 1. The van der Waals surface area contributed by atoms with Crippen molar-refractivity contribution >= 4 is 16.8 Å². The van der Waals surface area contributed by atoms with Crippen LogP contribution in [0.15, 0.2) is 60.7 Å². The van der Waals surface area contributed by atoms with E-state index in [-0.39, 0.29) is 5.91 Å². The number of methoxy groups -OCH3 is 2. The summed E-state index contributed by atoms with van der Waals surface area (Å²) in [6.07, 6.45) is 1.01. The van der Waals surface area contributed by atoms with Gasteiger partial charge in [-0.25, -0.2) is 0 Å². The van der Waals surface area contributed by atoms with Gasteiger partial charge in [-0.3, -0.25) is 4.79 Å². The van der Waals surface area contributed by atoms with Crippen LogP contribution in [0.3, 0.4) is 0 Å². The first-order valence-corrected chi connectivity index (χ1v) is 13.4. The highest BCUT2D eigenvalue weighted by Crippen LogP contribution is 2.40. The van der Waals surface area contributed by atoms with Crippen LogP contribution in [-0.4, -0.2) is 68.1 Å². The van der Waals surface area contributed by atoms with Gasteiger partial charge in [0.2, 0.25) is 0 Å². The van der Waals surface area contributed by atoms with Crippen molar-refractivity contribution in [3.8, 4) is 33.9 Å². The van der Waals surface area contributed by atoms with Crippen molar-refractivity contribution in [2.24, 2.45) is 0 Å². The molecule has 0 saturated carbocycles. The number of ether oxygens (including phenoxy) is 2. The molecular weight excluding hydrogens is 474 g/mol. The van der Waals surface area contributed by atoms with Gasteiger partial charge in [0.15, 0.2) is 11.5 Å². The second kappa shape index (κ2) is 10.9. The summed E-state index contributed by atoms with van der Waals surface area (Å²) in [5.41, 5.74) is 7.38. The normalized spacial score (nSPS) is 14.6. The second-order valence-electron chi connectivity index (χ2n) is 10.4. The second-order valence-corrected chi connectivity index (χ2v) is 10.4. The zero-order chi connectivity index (χ0) is 26.8. The number of rotatable bonds is 6. The molecule has 4 aromatic rings. The van der Waals surface area contributed by atoms with Crippen molar-refractivity contribution < 1.29 is 14.3 Å². The monoisotopic (exact) mass is 511 g/mol. The molecule has 1 saturated heterocycles. The summed E-state index contributed by atoms with van der Waals surface area (Å²) in [4.78, 5) is 21.3. The molecular formula is C32H37N3O3. The van der Waals surface area contributed by atoms with E-state index in [1.165, 1.54) is 10.9 Å². The maximum absolute atomic E-state index is 13.3. The van der Waals surface area contributed by atoms with Crippen LogP contribution in [0.2, 0.25) is 0 Å². The molecule has 0 unspecified atom stereocenters. The Morgan fingerprint density at radius 1 is 0.842 bits per heavy atom. The van der Waals surface area contributed by atoms with Crippen molar-refractivity contribution in [2.75, 3.05) is 47.4 Å². The molecule has 1 fully saturated rings. The number of H-pyrrole nitrogens is 1. The van der Waals surface area contributed by atoms with E-state index < -0.39 is 0 Å². The number of amides is 1. The van der Waals surface area contributed by atoms with Gasteiger partial charge in [-0.2, -0.15) is 0 Å². The summed E-state index contributed by atoms with van der Waals surface area (Å²) < 4.78 is 11.0. The minimum Gasteiger partial charge on any atom is -0.493 e. The lowest BCUT2D eigenvalue weighted by Gasteiger charge is -2.21. The standard InChI is InChI=1S/C32H37N3O3/c1-21(2)30-26-19-23(10-12-27(26)33-31(30)24-11-13-28(37-4)29(20-24)38-5)22-8-6-9-25(18-22)32(36)35-15-7-14-34(3)16-17-35/h6,8-13,18-21,33H,7,14-17H2,1-5H3. The van der Waals surface area contributed by atoms with E-state index >= 15 is 0 Å². The van der Waals surface area contributed by atoms with E-state index in [0.29, 0.717) is 17.4 Å². The van der Waals surface area contributed by atoms with E-state index in [0.717, 1.165) is 66.1 Å². The fraction of sp³-hybridized carbons (Fsp3) is 0.344. The molecule has 1 aliphatic heterocycles. The zero-order valence-corrected chi connectivity index (χ0v) is 23.0. The minimum absolute atomic E-state index is 0.114. The van der Waals surface area contributed by atoms with Crippen LogP contribution in [0.4, 0.5) is 0 Å². The van der Waals surface area contributed by atoms with Crippen LogP contribution < -0.4 is 9.47 Å². The molecule has 0 aliphatic carbocycles. The fourth-order valence-corrected chi connectivity index (χ4v) is 5.48. The van der Waals surface area contributed by atoms with E-state index in [1.54, 1.807) is 14.2 Å². The van der Waals surface area contributed by atoms with Gasteiger partial charge < -0.3 is 24.3 Å². The number of fused-ring (bicyclic) bond motifs is 1. The molecule has 2 heterocycles. The van der Waals surface area contributed by atoms with Gasteiger partial charge in [-0.15, -0.1) is 0 Å². The zero-order valence-electron chi connectivity index (χ0n) is 23.0. The average molecular weight is 512 g/mol. The maximum atomic E-state index is 13.3. The minimum atomic E-state index is 0.114. The molecule has 1 amide bonds. The Labute approximate surface area is 225 Å². The molecule has 1 aliphatic rings. The molecule has 0 radical (unpaired) electrons. The van der Waals surface area contributed by atoms with Gasteiger partial charge in [-0.05, 0) is 85.1 Å². The third kappa shape index (κ3) is 5.01. The van der Waals surface area contributed by atoms with Crippen molar-refractivity contribution in [2.45, 2.75) is 26.2 Å². The Bertz CT molecular complexity index is 1460. The molecule has 0 spiro atoms. The van der Waals surface area contributed by atoms with Crippen molar-refractivity contribution in [3.63, 3.8) is 0 Å². The summed E-state index contributed by atoms with van der Waals surface area (Å²) in [5, 5.41) is 1.19. The number of hydrogen-bond acceptors (Lipinski definition) is 4. The molecule has 3 aromatic carbocycles. The number of benzene rings is 3. The first-order valence-electron chi connectivity index (χ1n) is 13.4. The first-order chi connectivity index (χ1) is 18.4. The Hall–Kier alpha value is -3.77. The molecule has 5 rings (SSSR count). The van der Waals surface area contributed by atoms with Crippen LogP contribution in [0.5, 0.6) is 11.5 Å². The number of carbonyl (C=O) groups excluding carboxylic acids is 1. The van der Waals surface area contributed by atoms with Gasteiger partial charge in [0.25, 0.3) is 5.91 Å². The van der Waals surface area contributed by atoms with E-state index in [9.17, 15) is 4.79 Å². The predicted molar refractivity (Wildman–Crippen MR) is 154 cm³/mol. The maximum Gasteiger partial charge on any atom is 0.253 e. The van der Waals surface area contributed by atoms with Crippen LogP contribution >= 0.6 is 0 Å². The highest BCUT2D eigenvalue weighted by Gasteiger charge is 2.21. The van der Waals surface area contributed by atoms with Gasteiger partial charge in [0, 0.05) is 41.7 Å². The molecule has 1 N–H and O–H groups in total. The Kier molecular flexibility index (Phi) is 7.43. The number of likely N-dealkylation sites (N-methyl/N-ethyl adjacent to an activating group) is 1. The Balaban J connectivity index is 1.52. The number of aromatic nitrogens is 1. The summed E-state index contributed by atoms with van der Waals surface area (Å²) in [6, 6.07) is 20.6. The summed E-state index contributed by atoms with van der Waals surface area (Å²) in [7, 11) is 5.43. The summed E-state index contributed by atoms with van der Waals surface area (Å²) in [6.45, 7) is 7.96. The molecule has 0 atom stereocenters. The van der Waals surface area contributed by atoms with Gasteiger partial charge >= 0.3 is 0 Å². The van der Waals surface area contributed by atoms with Crippen molar-refractivity contribution in [1.29, 1.82) is 0 Å². The molecule has 6 nitrogen and oxygen atoms in total. The lowest BCUT2D eigenvalue weighted by Crippen LogP contribution is -2.34. The third-order valence-electron chi connectivity index (χ3n) is 7.54. The van der Waals surface area contributed by atoms with Crippen LogP contribution in [0.1, 0.15) is 42.1 Å². The first kappa shape index (κ1) is 25.9. The topological polar surface area (TPSA) is 57.8 Å².